The summed E-state index contributed by atoms with van der Waals surface area (Å²) >= 11 is 0. The summed E-state index contributed by atoms with van der Waals surface area (Å²) in [6, 6.07) is 5.25. The number of nitrogens with zero attached hydrogens (tertiary/aromatic N) is 2. The van der Waals surface area contributed by atoms with Crippen LogP contribution < -0.4 is 5.32 Å². The second kappa shape index (κ2) is 7.55. The Kier molecular flexibility index (Phi) is 6.31. The van der Waals surface area contributed by atoms with Crippen molar-refractivity contribution in [3.8, 4) is 0 Å². The van der Waals surface area contributed by atoms with Crippen LogP contribution in [0.4, 0.5) is 22.0 Å². The molecule has 0 aliphatic rings. The van der Waals surface area contributed by atoms with Crippen LogP contribution in [0.25, 0.3) is 0 Å². The van der Waals surface area contributed by atoms with Gasteiger partial charge in [0.1, 0.15) is 6.54 Å². The van der Waals surface area contributed by atoms with E-state index >= 15 is 0 Å². The summed E-state index contributed by atoms with van der Waals surface area (Å²) in [5.74, 6) is -1.88. The molecule has 0 amide bonds. The molecule has 1 aromatic heterocycles. The molecule has 0 spiro atoms. The van der Waals surface area contributed by atoms with E-state index in [1.54, 1.807) is 0 Å². The molecule has 0 saturated carbocycles. The summed E-state index contributed by atoms with van der Waals surface area (Å²) in [7, 11) is 0. The Hall–Kier alpha value is -1.67. The van der Waals surface area contributed by atoms with Gasteiger partial charge >= 0.3 is 6.18 Å². The molecule has 1 heterocycles. The van der Waals surface area contributed by atoms with Gasteiger partial charge in [0, 0.05) is 24.8 Å². The van der Waals surface area contributed by atoms with E-state index in [1.807, 2.05) is 0 Å². The van der Waals surface area contributed by atoms with Gasteiger partial charge in [-0.05, 0) is 12.1 Å². The van der Waals surface area contributed by atoms with Gasteiger partial charge in [-0.15, -0.1) is 12.4 Å². The van der Waals surface area contributed by atoms with Crippen molar-refractivity contribution in [2.45, 2.75) is 25.8 Å². The highest BCUT2D eigenvalue weighted by Crippen LogP contribution is 2.17. The Morgan fingerprint density at radius 2 is 1.82 bits per heavy atom. The lowest BCUT2D eigenvalue weighted by atomic mass is 10.2. The van der Waals surface area contributed by atoms with E-state index in [1.165, 1.54) is 24.4 Å². The maximum Gasteiger partial charge on any atom is 0.408 e. The van der Waals surface area contributed by atoms with Crippen molar-refractivity contribution in [2.75, 3.05) is 0 Å². The SMILES string of the molecule is Cl.Fc1cccc(CNCc2ccn(CC(F)(F)F)n2)c1F. The fraction of sp³-hybridized carbons (Fsp3) is 0.308. The molecule has 0 atom stereocenters. The van der Waals surface area contributed by atoms with E-state index in [0.717, 1.165) is 10.7 Å². The van der Waals surface area contributed by atoms with Crippen LogP contribution in [0.15, 0.2) is 30.5 Å². The predicted octanol–water partition coefficient (Wildman–Crippen LogP) is 3.44. The van der Waals surface area contributed by atoms with Crippen LogP contribution in [-0.2, 0) is 19.6 Å². The average molecular weight is 342 g/mol. The van der Waals surface area contributed by atoms with Gasteiger partial charge in [0.25, 0.3) is 0 Å². The highest BCUT2D eigenvalue weighted by molar-refractivity contribution is 5.85. The van der Waals surface area contributed by atoms with Gasteiger partial charge < -0.3 is 5.32 Å². The van der Waals surface area contributed by atoms with Gasteiger partial charge in [-0.2, -0.15) is 18.3 Å². The first kappa shape index (κ1) is 18.4. The monoisotopic (exact) mass is 341 g/mol. The molecule has 0 bridgehead atoms. The van der Waals surface area contributed by atoms with E-state index in [2.05, 4.69) is 10.4 Å². The van der Waals surface area contributed by atoms with E-state index < -0.39 is 24.4 Å². The minimum atomic E-state index is -4.33. The smallest absolute Gasteiger partial charge is 0.307 e. The fourth-order valence-corrected chi connectivity index (χ4v) is 1.78. The summed E-state index contributed by atoms with van der Waals surface area (Å²) < 4.78 is 63.6. The van der Waals surface area contributed by atoms with Crippen molar-refractivity contribution < 1.29 is 22.0 Å². The highest BCUT2D eigenvalue weighted by Gasteiger charge is 2.28. The van der Waals surface area contributed by atoms with Crippen molar-refractivity contribution in [2.24, 2.45) is 0 Å². The molecule has 3 nitrogen and oxygen atoms in total. The first-order chi connectivity index (χ1) is 9.85. The number of hydrogen-bond acceptors (Lipinski definition) is 2. The topological polar surface area (TPSA) is 29.9 Å². The first-order valence-corrected chi connectivity index (χ1v) is 6.08. The molecule has 2 rings (SSSR count). The number of benzene rings is 1. The second-order valence-corrected chi connectivity index (χ2v) is 4.44. The molecular weight excluding hydrogens is 329 g/mol. The average Bonchev–Trinajstić information content (AvgIpc) is 2.80. The number of hydrogen-bond donors (Lipinski definition) is 1. The largest absolute Gasteiger partial charge is 0.408 e. The Bertz CT molecular complexity index is 612. The maximum absolute atomic E-state index is 13.4. The minimum Gasteiger partial charge on any atom is -0.307 e. The van der Waals surface area contributed by atoms with Crippen LogP contribution in [0.2, 0.25) is 0 Å². The molecule has 0 unspecified atom stereocenters. The maximum atomic E-state index is 13.4. The Morgan fingerprint density at radius 1 is 1.09 bits per heavy atom. The summed E-state index contributed by atoms with van der Waals surface area (Å²) in [4.78, 5) is 0. The zero-order valence-electron chi connectivity index (χ0n) is 11.2. The van der Waals surface area contributed by atoms with Gasteiger partial charge in [0.15, 0.2) is 11.6 Å². The van der Waals surface area contributed by atoms with Crippen LogP contribution in [0, 0.1) is 11.6 Å². The molecule has 0 radical (unpaired) electrons. The van der Waals surface area contributed by atoms with Crippen molar-refractivity contribution in [1.29, 1.82) is 0 Å². The van der Waals surface area contributed by atoms with E-state index in [-0.39, 0.29) is 31.1 Å². The highest BCUT2D eigenvalue weighted by atomic mass is 35.5. The number of alkyl halides is 3. The summed E-state index contributed by atoms with van der Waals surface area (Å²) in [5.41, 5.74) is 0.529. The second-order valence-electron chi connectivity index (χ2n) is 4.44. The van der Waals surface area contributed by atoms with Crippen molar-refractivity contribution >= 4 is 12.4 Å². The molecule has 0 aliphatic heterocycles. The lowest BCUT2D eigenvalue weighted by Gasteiger charge is -2.06. The molecule has 0 saturated heterocycles. The molecule has 2 aromatic rings. The van der Waals surface area contributed by atoms with Crippen LogP contribution in [-0.4, -0.2) is 16.0 Å². The zero-order valence-corrected chi connectivity index (χ0v) is 12.0. The predicted molar refractivity (Wildman–Crippen MR) is 72.4 cm³/mol. The van der Waals surface area contributed by atoms with Crippen LogP contribution >= 0.6 is 12.4 Å². The van der Waals surface area contributed by atoms with Crippen LogP contribution in [0.1, 0.15) is 11.3 Å². The van der Waals surface area contributed by atoms with E-state index in [9.17, 15) is 22.0 Å². The van der Waals surface area contributed by atoms with Crippen LogP contribution in [0.3, 0.4) is 0 Å². The van der Waals surface area contributed by atoms with Crippen molar-refractivity contribution in [3.05, 3.63) is 53.4 Å². The Balaban J connectivity index is 0.00000242. The van der Waals surface area contributed by atoms with E-state index in [4.69, 9.17) is 0 Å². The lowest BCUT2D eigenvalue weighted by Crippen LogP contribution is -2.19. The minimum absolute atomic E-state index is 0. The quantitative estimate of drug-likeness (QED) is 0.844. The third-order valence-electron chi connectivity index (χ3n) is 2.69. The van der Waals surface area contributed by atoms with Crippen molar-refractivity contribution in [1.82, 2.24) is 15.1 Å². The molecule has 0 fully saturated rings. The number of rotatable bonds is 5. The third-order valence-corrected chi connectivity index (χ3v) is 2.69. The third kappa shape index (κ3) is 5.27. The normalized spacial score (nSPS) is 11.3. The molecular formula is C13H13ClF5N3. The Labute approximate surface area is 129 Å². The fourth-order valence-electron chi connectivity index (χ4n) is 1.78. The van der Waals surface area contributed by atoms with Gasteiger partial charge in [0.2, 0.25) is 0 Å². The number of halogens is 6. The Morgan fingerprint density at radius 3 is 2.50 bits per heavy atom. The van der Waals surface area contributed by atoms with Crippen LogP contribution in [0.5, 0.6) is 0 Å². The molecule has 9 heteroatoms. The van der Waals surface area contributed by atoms with E-state index in [0.29, 0.717) is 5.69 Å². The number of nitrogens with one attached hydrogen (secondary N) is 1. The van der Waals surface area contributed by atoms with Gasteiger partial charge in [-0.1, -0.05) is 12.1 Å². The molecule has 22 heavy (non-hydrogen) atoms. The lowest BCUT2D eigenvalue weighted by molar-refractivity contribution is -0.142. The van der Waals surface area contributed by atoms with Gasteiger partial charge in [-0.25, -0.2) is 8.78 Å². The van der Waals surface area contributed by atoms with Gasteiger partial charge in [0.05, 0.1) is 5.69 Å². The molecule has 0 aliphatic carbocycles. The standard InChI is InChI=1S/C13H12F5N3.ClH/c14-11-3-1-2-9(12(11)15)6-19-7-10-4-5-21(20-10)8-13(16,17)18;/h1-5,19H,6-8H2;1H. The number of aromatic nitrogens is 2. The first-order valence-electron chi connectivity index (χ1n) is 6.08. The molecule has 1 N–H and O–H groups in total. The molecule has 1 aromatic carbocycles. The zero-order chi connectivity index (χ0) is 15.5. The van der Waals surface area contributed by atoms with Gasteiger partial charge in [-0.3, -0.25) is 4.68 Å². The summed E-state index contributed by atoms with van der Waals surface area (Å²) in [6.45, 7) is -0.956. The summed E-state index contributed by atoms with van der Waals surface area (Å²) in [5, 5.41) is 6.53. The molecule has 122 valence electrons. The van der Waals surface area contributed by atoms with Crippen molar-refractivity contribution in [3.63, 3.8) is 0 Å². The summed E-state index contributed by atoms with van der Waals surface area (Å²) in [6.07, 6.45) is -3.12.